The van der Waals surface area contributed by atoms with Crippen molar-refractivity contribution in [1.29, 1.82) is 0 Å². The number of aliphatic hydroxyl groups excluding tert-OH is 1. The molecule has 0 aromatic heterocycles. The van der Waals surface area contributed by atoms with Gasteiger partial charge in [0.2, 0.25) is 0 Å². The third-order valence-electron chi connectivity index (χ3n) is 2.16. The lowest BCUT2D eigenvalue weighted by Crippen LogP contribution is -2.28. The average Bonchev–Trinajstić information content (AvgIpc) is 1.89. The molecule has 0 aliphatic heterocycles. The number of rotatable bonds is 4. The smallest absolute Gasteiger partial charge is 0.0493 e. The SMILES string of the molecule is COCC(C)C(C)(C)CO. The van der Waals surface area contributed by atoms with Gasteiger partial charge in [-0.15, -0.1) is 0 Å². The standard InChI is InChI=1S/C8H18O2/c1-7(5-10-4)8(2,3)6-9/h7,9H,5-6H2,1-4H3. The predicted molar refractivity (Wildman–Crippen MR) is 41.9 cm³/mol. The third-order valence-corrected chi connectivity index (χ3v) is 2.16. The molecular formula is C8H18O2. The average molecular weight is 146 g/mol. The number of methoxy groups -OCH3 is 1. The zero-order valence-electron chi connectivity index (χ0n) is 7.35. The Morgan fingerprint density at radius 3 is 2.30 bits per heavy atom. The van der Waals surface area contributed by atoms with E-state index in [0.717, 1.165) is 0 Å². The maximum atomic E-state index is 8.94. The van der Waals surface area contributed by atoms with E-state index in [9.17, 15) is 0 Å². The minimum absolute atomic E-state index is 0.0178. The first kappa shape index (κ1) is 9.92. The van der Waals surface area contributed by atoms with Crippen molar-refractivity contribution in [2.24, 2.45) is 11.3 Å². The van der Waals surface area contributed by atoms with Crippen molar-refractivity contribution in [3.8, 4) is 0 Å². The predicted octanol–water partition coefficient (Wildman–Crippen LogP) is 1.29. The lowest BCUT2D eigenvalue weighted by Gasteiger charge is -2.28. The largest absolute Gasteiger partial charge is 0.396 e. The van der Waals surface area contributed by atoms with Crippen molar-refractivity contribution in [2.45, 2.75) is 20.8 Å². The fraction of sp³-hybridized carbons (Fsp3) is 1.00. The zero-order valence-corrected chi connectivity index (χ0v) is 7.35. The lowest BCUT2D eigenvalue weighted by molar-refractivity contribution is 0.0477. The molecule has 0 aromatic rings. The molecule has 0 radical (unpaired) electrons. The summed E-state index contributed by atoms with van der Waals surface area (Å²) in [6, 6.07) is 0. The van der Waals surface area contributed by atoms with Crippen molar-refractivity contribution in [3.63, 3.8) is 0 Å². The zero-order chi connectivity index (χ0) is 8.20. The van der Waals surface area contributed by atoms with Gasteiger partial charge in [-0.2, -0.15) is 0 Å². The topological polar surface area (TPSA) is 29.5 Å². The van der Waals surface area contributed by atoms with Gasteiger partial charge in [-0.1, -0.05) is 20.8 Å². The second-order valence-corrected chi connectivity index (χ2v) is 3.50. The molecule has 0 bridgehead atoms. The monoisotopic (exact) mass is 146 g/mol. The van der Waals surface area contributed by atoms with Gasteiger partial charge in [-0.25, -0.2) is 0 Å². The van der Waals surface area contributed by atoms with Crippen molar-refractivity contribution in [3.05, 3.63) is 0 Å². The van der Waals surface area contributed by atoms with E-state index in [0.29, 0.717) is 12.5 Å². The van der Waals surface area contributed by atoms with Crippen LogP contribution in [0.1, 0.15) is 20.8 Å². The Kier molecular flexibility index (Phi) is 3.91. The molecule has 10 heavy (non-hydrogen) atoms. The van der Waals surface area contributed by atoms with Crippen LogP contribution in [0.25, 0.3) is 0 Å². The molecular weight excluding hydrogens is 128 g/mol. The van der Waals surface area contributed by atoms with Gasteiger partial charge in [-0.3, -0.25) is 0 Å². The van der Waals surface area contributed by atoms with E-state index in [1.54, 1.807) is 7.11 Å². The molecule has 0 aromatic carbocycles. The quantitative estimate of drug-likeness (QED) is 0.647. The maximum Gasteiger partial charge on any atom is 0.0493 e. The first-order valence-electron chi connectivity index (χ1n) is 3.64. The fourth-order valence-corrected chi connectivity index (χ4v) is 0.631. The molecule has 0 aliphatic rings. The Morgan fingerprint density at radius 2 is 2.00 bits per heavy atom. The molecule has 0 rings (SSSR count). The van der Waals surface area contributed by atoms with E-state index in [1.807, 2.05) is 13.8 Å². The minimum Gasteiger partial charge on any atom is -0.396 e. The first-order chi connectivity index (χ1) is 4.54. The van der Waals surface area contributed by atoms with Crippen molar-refractivity contribution in [1.82, 2.24) is 0 Å². The summed E-state index contributed by atoms with van der Waals surface area (Å²) in [5.74, 6) is 0.405. The fourth-order valence-electron chi connectivity index (χ4n) is 0.631. The van der Waals surface area contributed by atoms with Crippen LogP contribution in [-0.4, -0.2) is 25.4 Å². The highest BCUT2D eigenvalue weighted by Gasteiger charge is 2.24. The number of aliphatic hydroxyl groups is 1. The number of ether oxygens (including phenoxy) is 1. The first-order valence-corrected chi connectivity index (χ1v) is 3.64. The van der Waals surface area contributed by atoms with Crippen LogP contribution in [-0.2, 0) is 4.74 Å². The van der Waals surface area contributed by atoms with Crippen LogP contribution in [0.3, 0.4) is 0 Å². The number of hydrogen-bond donors (Lipinski definition) is 1. The van der Waals surface area contributed by atoms with Crippen molar-refractivity contribution >= 4 is 0 Å². The normalized spacial score (nSPS) is 15.3. The summed E-state index contributed by atoms with van der Waals surface area (Å²) in [7, 11) is 1.68. The van der Waals surface area contributed by atoms with Gasteiger partial charge >= 0.3 is 0 Å². The molecule has 0 fully saturated rings. The van der Waals surface area contributed by atoms with Crippen LogP contribution in [0.4, 0.5) is 0 Å². The highest BCUT2D eigenvalue weighted by molar-refractivity contribution is 4.73. The van der Waals surface area contributed by atoms with Crippen molar-refractivity contribution < 1.29 is 9.84 Å². The van der Waals surface area contributed by atoms with E-state index >= 15 is 0 Å². The molecule has 0 heterocycles. The molecule has 2 heteroatoms. The Balaban J connectivity index is 3.78. The highest BCUT2D eigenvalue weighted by atomic mass is 16.5. The van der Waals surface area contributed by atoms with Crippen LogP contribution in [0.15, 0.2) is 0 Å². The van der Waals surface area contributed by atoms with Gasteiger partial charge < -0.3 is 9.84 Å². The van der Waals surface area contributed by atoms with Gasteiger partial charge in [0.15, 0.2) is 0 Å². The summed E-state index contributed by atoms with van der Waals surface area (Å²) in [5.41, 5.74) is -0.0178. The molecule has 0 saturated heterocycles. The Morgan fingerprint density at radius 1 is 1.50 bits per heavy atom. The second-order valence-electron chi connectivity index (χ2n) is 3.50. The van der Waals surface area contributed by atoms with Crippen LogP contribution in [0.5, 0.6) is 0 Å². The molecule has 0 aliphatic carbocycles. The van der Waals surface area contributed by atoms with Crippen molar-refractivity contribution in [2.75, 3.05) is 20.3 Å². The summed E-state index contributed by atoms with van der Waals surface area (Å²) in [6.07, 6.45) is 0. The Hall–Kier alpha value is -0.0800. The Labute approximate surface area is 63.2 Å². The van der Waals surface area contributed by atoms with Crippen LogP contribution in [0.2, 0.25) is 0 Å². The second kappa shape index (κ2) is 3.94. The summed E-state index contributed by atoms with van der Waals surface area (Å²) in [6.45, 7) is 7.10. The van der Waals surface area contributed by atoms with E-state index in [-0.39, 0.29) is 12.0 Å². The van der Waals surface area contributed by atoms with E-state index in [4.69, 9.17) is 9.84 Å². The summed E-state index contributed by atoms with van der Waals surface area (Å²) in [5, 5.41) is 8.94. The molecule has 1 unspecified atom stereocenters. The molecule has 1 N–H and O–H groups in total. The minimum atomic E-state index is -0.0178. The van der Waals surface area contributed by atoms with E-state index in [1.165, 1.54) is 0 Å². The summed E-state index contributed by atoms with van der Waals surface area (Å²) in [4.78, 5) is 0. The van der Waals surface area contributed by atoms with Gasteiger partial charge in [0.1, 0.15) is 0 Å². The van der Waals surface area contributed by atoms with E-state index < -0.39 is 0 Å². The highest BCUT2D eigenvalue weighted by Crippen LogP contribution is 2.25. The van der Waals surface area contributed by atoms with Crippen LogP contribution < -0.4 is 0 Å². The Bertz CT molecular complexity index is 89.3. The molecule has 2 nitrogen and oxygen atoms in total. The third kappa shape index (κ3) is 2.67. The van der Waals surface area contributed by atoms with E-state index in [2.05, 4.69) is 6.92 Å². The number of hydrogen-bond acceptors (Lipinski definition) is 2. The molecule has 62 valence electrons. The lowest BCUT2D eigenvalue weighted by atomic mass is 9.81. The van der Waals surface area contributed by atoms with Gasteiger partial charge in [-0.05, 0) is 11.3 Å². The van der Waals surface area contributed by atoms with Gasteiger partial charge in [0.05, 0.1) is 0 Å². The molecule has 0 spiro atoms. The summed E-state index contributed by atoms with van der Waals surface area (Å²) >= 11 is 0. The molecule has 0 saturated carbocycles. The van der Waals surface area contributed by atoms with Crippen LogP contribution >= 0.6 is 0 Å². The molecule has 1 atom stereocenters. The van der Waals surface area contributed by atoms with Crippen LogP contribution in [0, 0.1) is 11.3 Å². The van der Waals surface area contributed by atoms with Gasteiger partial charge in [0.25, 0.3) is 0 Å². The molecule has 0 amide bonds. The van der Waals surface area contributed by atoms with Gasteiger partial charge in [0, 0.05) is 20.3 Å². The summed E-state index contributed by atoms with van der Waals surface area (Å²) < 4.78 is 4.98. The maximum absolute atomic E-state index is 8.94.